The molecule has 19 nitrogen and oxygen atoms in total. The number of primary amides is 2. The molecule has 0 fully saturated rings. The summed E-state index contributed by atoms with van der Waals surface area (Å²) in [5, 5.41) is 13.7. The van der Waals surface area contributed by atoms with Gasteiger partial charge in [-0.25, -0.2) is 9.78 Å². The van der Waals surface area contributed by atoms with E-state index >= 15 is 0 Å². The minimum absolute atomic E-state index is 0.0333. The van der Waals surface area contributed by atoms with Crippen LogP contribution in [0.25, 0.3) is 10.9 Å². The molecule has 1 unspecified atom stereocenters. The molecule has 5 rings (SSSR count). The summed E-state index contributed by atoms with van der Waals surface area (Å²) in [4.78, 5) is 103. The Morgan fingerprint density at radius 1 is 0.661 bits per heavy atom. The lowest BCUT2D eigenvalue weighted by Crippen LogP contribution is -2.60. The molecule has 0 saturated carbocycles. The van der Waals surface area contributed by atoms with Gasteiger partial charge in [0, 0.05) is 48.3 Å². The van der Waals surface area contributed by atoms with Crippen molar-refractivity contribution in [1.29, 1.82) is 0 Å². The first-order valence-electron chi connectivity index (χ1n) is 19.8. The third kappa shape index (κ3) is 14.0. The lowest BCUT2D eigenvalue weighted by atomic mass is 10.0. The summed E-state index contributed by atoms with van der Waals surface area (Å²) in [7, 11) is 0. The van der Waals surface area contributed by atoms with E-state index in [-0.39, 0.29) is 38.9 Å². The quantitative estimate of drug-likeness (QED) is 0.0448. The minimum Gasteiger partial charge on any atom is -0.445 e. The molecule has 2 aromatic heterocycles. The number of fused-ring (bicyclic) bond motifs is 1. The van der Waals surface area contributed by atoms with E-state index in [0.717, 1.165) is 16.5 Å². The molecule has 62 heavy (non-hydrogen) atoms. The van der Waals surface area contributed by atoms with Crippen molar-refractivity contribution in [1.82, 2.24) is 41.5 Å². The molecule has 0 aliphatic carbocycles. The number of nitrogens with two attached hydrogens (primary N) is 2. The van der Waals surface area contributed by atoms with E-state index in [2.05, 4.69) is 41.5 Å². The number of aromatic amines is 2. The molecule has 7 amide bonds. The van der Waals surface area contributed by atoms with Gasteiger partial charge in [0.05, 0.1) is 19.5 Å². The molecular formula is C43H50N10O9. The maximum atomic E-state index is 14.2. The van der Waals surface area contributed by atoms with Gasteiger partial charge in [-0.3, -0.25) is 28.8 Å². The Kier molecular flexibility index (Phi) is 16.7. The van der Waals surface area contributed by atoms with Gasteiger partial charge >= 0.3 is 6.09 Å². The zero-order valence-corrected chi connectivity index (χ0v) is 33.9. The fourth-order valence-electron chi connectivity index (χ4n) is 6.27. The van der Waals surface area contributed by atoms with Gasteiger partial charge in [-0.15, -0.1) is 0 Å². The number of para-hydroxylation sites is 1. The van der Waals surface area contributed by atoms with Crippen LogP contribution in [0.5, 0.6) is 0 Å². The Bertz CT molecular complexity index is 2290. The average molecular weight is 851 g/mol. The van der Waals surface area contributed by atoms with Crippen LogP contribution in [0.2, 0.25) is 0 Å². The first-order valence-corrected chi connectivity index (χ1v) is 19.8. The molecule has 326 valence electrons. The zero-order valence-electron chi connectivity index (χ0n) is 33.9. The van der Waals surface area contributed by atoms with Crippen LogP contribution in [0.15, 0.2) is 104 Å². The molecule has 0 aliphatic heterocycles. The Morgan fingerprint density at radius 2 is 1.24 bits per heavy atom. The van der Waals surface area contributed by atoms with Crippen LogP contribution >= 0.6 is 0 Å². The highest BCUT2D eigenvalue weighted by Gasteiger charge is 2.33. The van der Waals surface area contributed by atoms with Crippen molar-refractivity contribution in [3.05, 3.63) is 126 Å². The predicted octanol–water partition coefficient (Wildman–Crippen LogP) is 0.898. The summed E-state index contributed by atoms with van der Waals surface area (Å²) in [5.41, 5.74) is 14.3. The van der Waals surface area contributed by atoms with Crippen LogP contribution in [0.3, 0.4) is 0 Å². The topological polar surface area (TPSA) is 295 Å². The molecule has 0 saturated heterocycles. The number of ether oxygens (including phenoxy) is 2. The van der Waals surface area contributed by atoms with Crippen LogP contribution in [0.1, 0.15) is 42.1 Å². The number of nitrogens with zero attached hydrogens (tertiary/aromatic N) is 1. The van der Waals surface area contributed by atoms with E-state index in [4.69, 9.17) is 20.9 Å². The maximum Gasteiger partial charge on any atom is 0.408 e. The number of aromatic nitrogens is 3. The van der Waals surface area contributed by atoms with Crippen molar-refractivity contribution in [2.45, 2.75) is 76.0 Å². The summed E-state index contributed by atoms with van der Waals surface area (Å²) in [5.74, 6) is -4.89. The van der Waals surface area contributed by atoms with Gasteiger partial charge in [0.2, 0.25) is 35.4 Å². The SMILES string of the molecule is C[C@H](NC(=O)[C@@H](Cc1c[nH]c2ccccc12)NC(=O)[C@@H](COCc1ccccc1)NC(=O)C(CCC(N)=O)NC(=O)[C@@H](Cc1cnc[nH]1)NC(=O)OCc1ccccc1)C(N)=O. The third-order valence-corrected chi connectivity index (χ3v) is 9.66. The van der Waals surface area contributed by atoms with Crippen molar-refractivity contribution in [3.8, 4) is 0 Å². The Balaban J connectivity index is 1.37. The number of imidazole rings is 1. The molecule has 3 aromatic carbocycles. The lowest BCUT2D eigenvalue weighted by Gasteiger charge is -2.26. The highest BCUT2D eigenvalue weighted by atomic mass is 16.5. The number of rotatable bonds is 23. The first-order chi connectivity index (χ1) is 29.9. The van der Waals surface area contributed by atoms with Gasteiger partial charge in [0.15, 0.2) is 0 Å². The van der Waals surface area contributed by atoms with E-state index in [1.165, 1.54) is 19.4 Å². The normalized spacial score (nSPS) is 13.4. The molecule has 5 aromatic rings. The van der Waals surface area contributed by atoms with Crippen molar-refractivity contribution >= 4 is 52.4 Å². The summed E-state index contributed by atoms with van der Waals surface area (Å²) in [6.07, 6.45) is 2.85. The Morgan fingerprint density at radius 3 is 1.90 bits per heavy atom. The van der Waals surface area contributed by atoms with Crippen LogP contribution in [-0.2, 0) is 64.3 Å². The summed E-state index contributed by atoms with van der Waals surface area (Å²) < 4.78 is 11.2. The van der Waals surface area contributed by atoms with Crippen LogP contribution in [-0.4, -0.2) is 93.3 Å². The highest BCUT2D eigenvalue weighted by molar-refractivity contribution is 5.97. The van der Waals surface area contributed by atoms with Gasteiger partial charge < -0.3 is 57.5 Å². The number of alkyl carbamates (subject to hydrolysis) is 1. The smallest absolute Gasteiger partial charge is 0.408 e. The Labute approximate surface area is 356 Å². The van der Waals surface area contributed by atoms with E-state index in [1.54, 1.807) is 54.7 Å². The third-order valence-electron chi connectivity index (χ3n) is 9.66. The predicted molar refractivity (Wildman–Crippen MR) is 225 cm³/mol. The molecule has 0 bridgehead atoms. The largest absolute Gasteiger partial charge is 0.445 e. The van der Waals surface area contributed by atoms with E-state index in [0.29, 0.717) is 16.8 Å². The van der Waals surface area contributed by atoms with Crippen molar-refractivity contribution in [2.75, 3.05) is 6.61 Å². The number of amides is 7. The average Bonchev–Trinajstić information content (AvgIpc) is 3.94. The number of nitrogens with one attached hydrogen (secondary N) is 7. The van der Waals surface area contributed by atoms with Crippen LogP contribution in [0, 0.1) is 0 Å². The fourth-order valence-corrected chi connectivity index (χ4v) is 6.27. The molecule has 0 radical (unpaired) electrons. The monoisotopic (exact) mass is 850 g/mol. The Hall–Kier alpha value is -7.54. The lowest BCUT2D eigenvalue weighted by molar-refractivity contribution is -0.136. The molecule has 0 spiro atoms. The van der Waals surface area contributed by atoms with Gasteiger partial charge in [-0.1, -0.05) is 78.9 Å². The number of hydrogen-bond donors (Lipinski definition) is 9. The summed E-state index contributed by atoms with van der Waals surface area (Å²) >= 11 is 0. The molecule has 19 heteroatoms. The zero-order chi connectivity index (χ0) is 44.4. The molecule has 5 atom stereocenters. The van der Waals surface area contributed by atoms with Gasteiger partial charge in [0.1, 0.15) is 36.8 Å². The fraction of sp³-hybridized carbons (Fsp3) is 0.302. The molecule has 11 N–H and O–H groups in total. The standard InChI is InChI=1S/C43H50N10O9/c1-26(38(45)55)49-40(57)34(18-29-20-47-32-15-9-8-14-31(29)32)51-42(59)36(24-61-22-27-10-4-2-5-11-27)52-39(56)33(16-17-37(44)54)50-41(58)35(19-30-21-46-25-48-30)53-43(60)62-23-28-12-6-3-7-13-28/h2-15,20-21,25-26,33-36,47H,16-19,22-24H2,1H3,(H2,44,54)(H2,45,55)(H,46,48)(H,49,57)(H,50,58)(H,51,59)(H,52,56)(H,53,60)/t26-,33?,34+,35+,36+/m0/s1. The number of carbonyl (C=O) groups is 7. The number of H-pyrrole nitrogens is 2. The van der Waals surface area contributed by atoms with Gasteiger partial charge in [-0.2, -0.15) is 0 Å². The van der Waals surface area contributed by atoms with E-state index < -0.39 is 78.4 Å². The molecule has 2 heterocycles. The number of benzene rings is 3. The van der Waals surface area contributed by atoms with Crippen LogP contribution in [0.4, 0.5) is 4.79 Å². The van der Waals surface area contributed by atoms with Crippen molar-refractivity contribution in [2.24, 2.45) is 11.5 Å². The minimum atomic E-state index is -1.47. The molecule has 0 aliphatic rings. The van der Waals surface area contributed by atoms with Crippen molar-refractivity contribution < 1.29 is 43.0 Å². The van der Waals surface area contributed by atoms with Gasteiger partial charge in [-0.05, 0) is 36.1 Å². The second-order valence-electron chi connectivity index (χ2n) is 14.4. The summed E-state index contributed by atoms with van der Waals surface area (Å²) in [6.45, 7) is 0.950. The molecular weight excluding hydrogens is 801 g/mol. The number of carbonyl (C=O) groups excluding carboxylic acids is 7. The van der Waals surface area contributed by atoms with E-state index in [9.17, 15) is 33.6 Å². The summed E-state index contributed by atoms with van der Waals surface area (Å²) in [6, 6.07) is 18.6. The first kappa shape index (κ1) is 45.5. The highest BCUT2D eigenvalue weighted by Crippen LogP contribution is 2.19. The van der Waals surface area contributed by atoms with Crippen LogP contribution < -0.4 is 38.1 Å². The van der Waals surface area contributed by atoms with Gasteiger partial charge in [0.25, 0.3) is 0 Å². The second kappa shape index (κ2) is 22.7. The number of hydrogen-bond acceptors (Lipinski definition) is 10. The van der Waals surface area contributed by atoms with E-state index in [1.807, 2.05) is 36.4 Å². The maximum absolute atomic E-state index is 14.2. The van der Waals surface area contributed by atoms with Crippen molar-refractivity contribution in [3.63, 3.8) is 0 Å². The second-order valence-corrected chi connectivity index (χ2v) is 14.4.